The number of hydrogen-bond acceptors (Lipinski definition) is 4. The summed E-state index contributed by atoms with van der Waals surface area (Å²) in [6.07, 6.45) is 2.42. The third-order valence-corrected chi connectivity index (χ3v) is 5.88. The fraction of sp³-hybridized carbons (Fsp3) is 0.696. The Morgan fingerprint density at radius 3 is 2.47 bits per heavy atom. The van der Waals surface area contributed by atoms with Gasteiger partial charge in [0, 0.05) is 33.2 Å². The van der Waals surface area contributed by atoms with Crippen LogP contribution in [-0.2, 0) is 0 Å². The number of rotatable bonds is 10. The van der Waals surface area contributed by atoms with E-state index in [4.69, 9.17) is 0 Å². The van der Waals surface area contributed by atoms with Crippen LogP contribution < -0.4 is 10.6 Å². The van der Waals surface area contributed by atoms with E-state index < -0.39 is 0 Å². The van der Waals surface area contributed by atoms with E-state index in [1.807, 2.05) is 7.05 Å². The Morgan fingerprint density at radius 2 is 1.80 bits per heavy atom. The molecule has 0 aliphatic carbocycles. The number of halogens is 1. The SMILES string of the molecule is CCN(CC)C(CNC(=NC)NCCCN1CCCN(C)CC1)c1ccccc1.I. The standard InChI is InChI=1S/C23H42N6.HI/c1-5-29(6-2)22(21-12-8-7-9-13-21)20-26-23(24-3)25-14-10-16-28-17-11-15-27(4)18-19-28;/h7-9,12-13,22H,5-6,10-11,14-20H2,1-4H3,(H2,24,25,26);1H. The summed E-state index contributed by atoms with van der Waals surface area (Å²) in [4.78, 5) is 11.9. The van der Waals surface area contributed by atoms with Gasteiger partial charge in [0.05, 0.1) is 6.04 Å². The zero-order chi connectivity index (χ0) is 20.9. The van der Waals surface area contributed by atoms with Crippen LogP contribution in [-0.4, -0.2) is 93.7 Å². The number of nitrogens with one attached hydrogen (secondary N) is 2. The lowest BCUT2D eigenvalue weighted by atomic mass is 10.1. The lowest BCUT2D eigenvalue weighted by Crippen LogP contribution is -2.44. The van der Waals surface area contributed by atoms with Gasteiger partial charge in [0.25, 0.3) is 0 Å². The van der Waals surface area contributed by atoms with E-state index in [0.29, 0.717) is 6.04 Å². The van der Waals surface area contributed by atoms with Crippen LogP contribution in [0.25, 0.3) is 0 Å². The van der Waals surface area contributed by atoms with Gasteiger partial charge < -0.3 is 20.4 Å². The molecule has 2 N–H and O–H groups in total. The van der Waals surface area contributed by atoms with Crippen molar-refractivity contribution in [3.8, 4) is 0 Å². The maximum Gasteiger partial charge on any atom is 0.191 e. The molecule has 2 rings (SSSR count). The predicted molar refractivity (Wildman–Crippen MR) is 140 cm³/mol. The lowest BCUT2D eigenvalue weighted by molar-refractivity contribution is 0.219. The molecule has 1 heterocycles. The first-order valence-corrected chi connectivity index (χ1v) is 11.3. The maximum atomic E-state index is 4.43. The van der Waals surface area contributed by atoms with Crippen LogP contribution in [0.15, 0.2) is 35.3 Å². The molecule has 7 heteroatoms. The van der Waals surface area contributed by atoms with Gasteiger partial charge in [-0.3, -0.25) is 9.89 Å². The van der Waals surface area contributed by atoms with Crippen molar-refractivity contribution in [2.75, 3.05) is 73.0 Å². The highest BCUT2D eigenvalue weighted by Crippen LogP contribution is 2.19. The Hall–Kier alpha value is -0.900. The fourth-order valence-corrected chi connectivity index (χ4v) is 4.04. The summed E-state index contributed by atoms with van der Waals surface area (Å²) < 4.78 is 0. The van der Waals surface area contributed by atoms with Gasteiger partial charge in [0.1, 0.15) is 0 Å². The molecule has 1 aromatic carbocycles. The molecule has 1 fully saturated rings. The first kappa shape index (κ1) is 27.1. The van der Waals surface area contributed by atoms with E-state index in [0.717, 1.165) is 45.1 Å². The highest BCUT2D eigenvalue weighted by Gasteiger charge is 2.18. The van der Waals surface area contributed by atoms with Crippen LogP contribution in [0.3, 0.4) is 0 Å². The Kier molecular flexibility index (Phi) is 14.3. The van der Waals surface area contributed by atoms with Crippen LogP contribution >= 0.6 is 24.0 Å². The van der Waals surface area contributed by atoms with Crippen molar-refractivity contribution >= 4 is 29.9 Å². The molecule has 0 saturated carbocycles. The molecule has 0 amide bonds. The van der Waals surface area contributed by atoms with Crippen molar-refractivity contribution in [1.29, 1.82) is 0 Å². The third-order valence-electron chi connectivity index (χ3n) is 5.88. The number of likely N-dealkylation sites (N-methyl/N-ethyl adjacent to an activating group) is 2. The van der Waals surface area contributed by atoms with Crippen LogP contribution in [0.2, 0.25) is 0 Å². The molecule has 0 bridgehead atoms. The minimum atomic E-state index is 0. The topological polar surface area (TPSA) is 46.1 Å². The molecule has 1 aromatic rings. The van der Waals surface area contributed by atoms with Gasteiger partial charge in [-0.2, -0.15) is 0 Å². The summed E-state index contributed by atoms with van der Waals surface area (Å²) in [6.45, 7) is 14.3. The second-order valence-corrected chi connectivity index (χ2v) is 7.88. The molecule has 0 radical (unpaired) electrons. The van der Waals surface area contributed by atoms with Crippen LogP contribution in [0.5, 0.6) is 0 Å². The molecular formula is C23H43IN6. The highest BCUT2D eigenvalue weighted by molar-refractivity contribution is 14.0. The number of nitrogens with zero attached hydrogens (tertiary/aromatic N) is 4. The normalized spacial score (nSPS) is 17.3. The number of guanidine groups is 1. The molecule has 172 valence electrons. The minimum absolute atomic E-state index is 0. The average Bonchev–Trinajstić information content (AvgIpc) is 2.97. The molecule has 30 heavy (non-hydrogen) atoms. The monoisotopic (exact) mass is 530 g/mol. The molecule has 6 nitrogen and oxygen atoms in total. The Bertz CT molecular complexity index is 578. The van der Waals surface area contributed by atoms with Gasteiger partial charge in [0.2, 0.25) is 0 Å². The zero-order valence-corrected chi connectivity index (χ0v) is 21.8. The van der Waals surface area contributed by atoms with E-state index in [9.17, 15) is 0 Å². The van der Waals surface area contributed by atoms with Crippen molar-refractivity contribution in [1.82, 2.24) is 25.3 Å². The van der Waals surface area contributed by atoms with Crippen molar-refractivity contribution in [3.05, 3.63) is 35.9 Å². The largest absolute Gasteiger partial charge is 0.356 e. The van der Waals surface area contributed by atoms with Crippen LogP contribution in [0.1, 0.15) is 38.3 Å². The summed E-state index contributed by atoms with van der Waals surface area (Å²) in [7, 11) is 4.08. The van der Waals surface area contributed by atoms with Crippen molar-refractivity contribution < 1.29 is 0 Å². The van der Waals surface area contributed by atoms with Crippen molar-refractivity contribution in [3.63, 3.8) is 0 Å². The van der Waals surface area contributed by atoms with Crippen LogP contribution in [0, 0.1) is 0 Å². The van der Waals surface area contributed by atoms with Gasteiger partial charge in [-0.15, -0.1) is 24.0 Å². The quantitative estimate of drug-likeness (QED) is 0.211. The molecule has 0 aromatic heterocycles. The first-order valence-electron chi connectivity index (χ1n) is 11.3. The smallest absolute Gasteiger partial charge is 0.191 e. The fourth-order valence-electron chi connectivity index (χ4n) is 4.04. The number of hydrogen-bond donors (Lipinski definition) is 2. The van der Waals surface area contributed by atoms with Crippen LogP contribution in [0.4, 0.5) is 0 Å². The van der Waals surface area contributed by atoms with E-state index in [1.165, 1.54) is 38.2 Å². The second-order valence-electron chi connectivity index (χ2n) is 7.88. The second kappa shape index (κ2) is 15.8. The molecule has 0 spiro atoms. The zero-order valence-electron chi connectivity index (χ0n) is 19.4. The first-order chi connectivity index (χ1) is 14.2. The molecule has 1 unspecified atom stereocenters. The molecular weight excluding hydrogens is 487 g/mol. The number of benzene rings is 1. The molecule has 1 atom stereocenters. The maximum absolute atomic E-state index is 4.43. The summed E-state index contributed by atoms with van der Waals surface area (Å²) in [5, 5.41) is 7.05. The predicted octanol–water partition coefficient (Wildman–Crippen LogP) is 2.88. The molecule has 1 aliphatic heterocycles. The molecule has 1 aliphatic rings. The summed E-state index contributed by atoms with van der Waals surface area (Å²) in [5.41, 5.74) is 1.35. The lowest BCUT2D eigenvalue weighted by Gasteiger charge is -2.31. The minimum Gasteiger partial charge on any atom is -0.356 e. The van der Waals surface area contributed by atoms with Gasteiger partial charge >= 0.3 is 0 Å². The van der Waals surface area contributed by atoms with Gasteiger partial charge in [-0.1, -0.05) is 44.2 Å². The van der Waals surface area contributed by atoms with Crippen molar-refractivity contribution in [2.45, 2.75) is 32.7 Å². The van der Waals surface area contributed by atoms with E-state index in [-0.39, 0.29) is 24.0 Å². The van der Waals surface area contributed by atoms with Gasteiger partial charge in [0.15, 0.2) is 5.96 Å². The summed E-state index contributed by atoms with van der Waals surface area (Å²) in [5.74, 6) is 0.897. The third kappa shape index (κ3) is 9.49. The Balaban J connectivity index is 0.00000450. The van der Waals surface area contributed by atoms with E-state index in [1.54, 1.807) is 0 Å². The Labute approximate surface area is 201 Å². The Morgan fingerprint density at radius 1 is 1.07 bits per heavy atom. The average molecular weight is 531 g/mol. The van der Waals surface area contributed by atoms with Crippen molar-refractivity contribution in [2.24, 2.45) is 4.99 Å². The highest BCUT2D eigenvalue weighted by atomic mass is 127. The van der Waals surface area contributed by atoms with E-state index in [2.05, 4.69) is 81.6 Å². The summed E-state index contributed by atoms with van der Waals surface area (Å²) in [6, 6.07) is 11.1. The van der Waals surface area contributed by atoms with E-state index >= 15 is 0 Å². The summed E-state index contributed by atoms with van der Waals surface area (Å²) >= 11 is 0. The van der Waals surface area contributed by atoms with Gasteiger partial charge in [-0.05, 0) is 58.2 Å². The van der Waals surface area contributed by atoms with Gasteiger partial charge in [-0.25, -0.2) is 0 Å². The number of aliphatic imine (C=N–C) groups is 1. The molecule has 1 saturated heterocycles.